The number of ether oxygens (including phenoxy) is 1. The molecule has 0 spiro atoms. The molecule has 1 rings (SSSR count). The van der Waals surface area contributed by atoms with Crippen LogP contribution in [0.25, 0.3) is 0 Å². The number of hydrogen-bond acceptors (Lipinski definition) is 4. The summed E-state index contributed by atoms with van der Waals surface area (Å²) in [6.07, 6.45) is 1.07. The van der Waals surface area contributed by atoms with E-state index in [1.165, 1.54) is 0 Å². The molecule has 0 aromatic carbocycles. The van der Waals surface area contributed by atoms with Crippen LogP contribution in [0.2, 0.25) is 0 Å². The number of aryl methyl sites for hydroxylation is 1. The van der Waals surface area contributed by atoms with Gasteiger partial charge in [0.25, 0.3) is 0 Å². The molecule has 4 nitrogen and oxygen atoms in total. The molecule has 0 aliphatic heterocycles. The van der Waals surface area contributed by atoms with Gasteiger partial charge in [0.15, 0.2) is 5.82 Å². The van der Waals surface area contributed by atoms with Gasteiger partial charge in [0, 0.05) is 13.7 Å². The lowest BCUT2D eigenvalue weighted by atomic mass is 10.1. The van der Waals surface area contributed by atoms with E-state index in [0.29, 0.717) is 0 Å². The molecular weight excluding hydrogens is 329 g/mol. The van der Waals surface area contributed by atoms with E-state index in [4.69, 9.17) is 4.74 Å². The lowest BCUT2D eigenvalue weighted by Crippen LogP contribution is -2.24. The molecule has 0 saturated heterocycles. The Bertz CT molecular complexity index is 394. The lowest BCUT2D eigenvalue weighted by molar-refractivity contribution is 0.0114. The topological polar surface area (TPSA) is 47.0 Å². The molecule has 0 aliphatic carbocycles. The largest absolute Gasteiger partial charge is 0.371 e. The van der Waals surface area contributed by atoms with Gasteiger partial charge in [0.2, 0.25) is 0 Å². The van der Waals surface area contributed by atoms with Gasteiger partial charge < -0.3 is 10.1 Å². The van der Waals surface area contributed by atoms with Crippen LogP contribution in [0.5, 0.6) is 0 Å². The predicted molar refractivity (Wildman–Crippen MR) is 78.3 cm³/mol. The lowest BCUT2D eigenvalue weighted by Gasteiger charge is -2.22. The molecular formula is C12H20IN3O. The Morgan fingerprint density at radius 2 is 2.00 bits per heavy atom. The van der Waals surface area contributed by atoms with Crippen molar-refractivity contribution < 1.29 is 4.74 Å². The van der Waals surface area contributed by atoms with Crippen LogP contribution < -0.4 is 5.32 Å². The van der Waals surface area contributed by atoms with Crippen LogP contribution in [0.1, 0.15) is 38.7 Å². The van der Waals surface area contributed by atoms with Crippen LogP contribution in [0, 0.1) is 10.5 Å². The van der Waals surface area contributed by atoms with E-state index in [2.05, 4.69) is 44.8 Å². The molecule has 0 fully saturated rings. The van der Waals surface area contributed by atoms with Crippen molar-refractivity contribution in [3.05, 3.63) is 15.1 Å². The average Bonchev–Trinajstić information content (AvgIpc) is 2.30. The standard InChI is InChI=1S/C12H20IN3O/c1-6-7-14-10-9(13)8(2)15-11(16-10)12(3,4)17-5/h6-7H2,1-5H3,(H,14,15,16). The minimum absolute atomic E-state index is 0.461. The van der Waals surface area contributed by atoms with Crippen molar-refractivity contribution in [2.75, 3.05) is 19.0 Å². The summed E-state index contributed by atoms with van der Waals surface area (Å²) in [5, 5.41) is 3.33. The molecule has 5 heteroatoms. The maximum Gasteiger partial charge on any atom is 0.162 e. The smallest absolute Gasteiger partial charge is 0.162 e. The second kappa shape index (κ2) is 5.95. The SMILES string of the molecule is CCCNc1nc(C(C)(C)OC)nc(C)c1I. The first-order valence-electron chi connectivity index (χ1n) is 5.76. The van der Waals surface area contributed by atoms with Crippen molar-refractivity contribution in [2.24, 2.45) is 0 Å². The summed E-state index contributed by atoms with van der Waals surface area (Å²) in [4.78, 5) is 9.06. The van der Waals surface area contributed by atoms with Crippen LogP contribution in [0.3, 0.4) is 0 Å². The Morgan fingerprint density at radius 3 is 2.53 bits per heavy atom. The van der Waals surface area contributed by atoms with Gasteiger partial charge in [0.05, 0.1) is 9.26 Å². The van der Waals surface area contributed by atoms with Gasteiger partial charge in [-0.15, -0.1) is 0 Å². The minimum Gasteiger partial charge on any atom is -0.371 e. The predicted octanol–water partition coefficient (Wildman–Crippen LogP) is 3.09. The molecule has 0 atom stereocenters. The Kier molecular flexibility index (Phi) is 5.12. The third-order valence-corrected chi connectivity index (χ3v) is 3.90. The number of rotatable bonds is 5. The summed E-state index contributed by atoms with van der Waals surface area (Å²) in [5.74, 6) is 1.62. The van der Waals surface area contributed by atoms with Crippen molar-refractivity contribution >= 4 is 28.4 Å². The number of methoxy groups -OCH3 is 1. The number of hydrogen-bond donors (Lipinski definition) is 1. The zero-order valence-corrected chi connectivity index (χ0v) is 13.3. The van der Waals surface area contributed by atoms with Crippen molar-refractivity contribution in [2.45, 2.75) is 39.7 Å². The highest BCUT2D eigenvalue weighted by atomic mass is 127. The van der Waals surface area contributed by atoms with E-state index in [1.54, 1.807) is 7.11 Å². The van der Waals surface area contributed by atoms with Gasteiger partial charge in [0.1, 0.15) is 11.4 Å². The summed E-state index contributed by atoms with van der Waals surface area (Å²) in [6.45, 7) is 8.99. The maximum atomic E-state index is 5.42. The molecule has 0 radical (unpaired) electrons. The zero-order chi connectivity index (χ0) is 13.1. The van der Waals surface area contributed by atoms with E-state index in [1.807, 2.05) is 20.8 Å². The van der Waals surface area contributed by atoms with Crippen molar-refractivity contribution in [1.82, 2.24) is 9.97 Å². The Balaban J connectivity index is 3.14. The van der Waals surface area contributed by atoms with E-state index in [0.717, 1.165) is 33.9 Å². The van der Waals surface area contributed by atoms with Crippen molar-refractivity contribution in [1.29, 1.82) is 0 Å². The fraction of sp³-hybridized carbons (Fsp3) is 0.667. The van der Waals surface area contributed by atoms with Crippen LogP contribution in [-0.4, -0.2) is 23.6 Å². The first-order chi connectivity index (χ1) is 7.92. The number of nitrogens with zero attached hydrogens (tertiary/aromatic N) is 2. The third-order valence-electron chi connectivity index (χ3n) is 2.61. The molecule has 0 aliphatic rings. The second-order valence-electron chi connectivity index (χ2n) is 4.44. The van der Waals surface area contributed by atoms with Crippen LogP contribution in [0.15, 0.2) is 0 Å². The van der Waals surface area contributed by atoms with E-state index >= 15 is 0 Å². The highest BCUT2D eigenvalue weighted by Gasteiger charge is 2.25. The molecule has 17 heavy (non-hydrogen) atoms. The fourth-order valence-electron chi connectivity index (χ4n) is 1.28. The number of nitrogens with one attached hydrogen (secondary N) is 1. The molecule has 0 saturated carbocycles. The zero-order valence-electron chi connectivity index (χ0n) is 11.1. The van der Waals surface area contributed by atoms with Crippen LogP contribution >= 0.6 is 22.6 Å². The van der Waals surface area contributed by atoms with Gasteiger partial charge in [-0.25, -0.2) is 9.97 Å². The summed E-state index contributed by atoms with van der Waals surface area (Å²) < 4.78 is 6.50. The monoisotopic (exact) mass is 349 g/mol. The van der Waals surface area contributed by atoms with Crippen LogP contribution in [-0.2, 0) is 10.3 Å². The molecule has 1 aromatic heterocycles. The Morgan fingerprint density at radius 1 is 1.35 bits per heavy atom. The maximum absolute atomic E-state index is 5.42. The first-order valence-corrected chi connectivity index (χ1v) is 6.84. The van der Waals surface area contributed by atoms with Crippen molar-refractivity contribution in [3.8, 4) is 0 Å². The summed E-state index contributed by atoms with van der Waals surface area (Å²) >= 11 is 2.27. The van der Waals surface area contributed by atoms with Gasteiger partial charge in [-0.05, 0) is 49.8 Å². The van der Waals surface area contributed by atoms with Gasteiger partial charge >= 0.3 is 0 Å². The van der Waals surface area contributed by atoms with Gasteiger partial charge in [-0.2, -0.15) is 0 Å². The summed E-state index contributed by atoms with van der Waals surface area (Å²) in [5.41, 5.74) is 0.525. The Hall–Kier alpha value is -0.430. The Labute approximate surface area is 117 Å². The average molecular weight is 349 g/mol. The van der Waals surface area contributed by atoms with E-state index in [-0.39, 0.29) is 0 Å². The molecule has 96 valence electrons. The minimum atomic E-state index is -0.461. The molecule has 0 amide bonds. The molecule has 0 unspecified atom stereocenters. The summed E-state index contributed by atoms with van der Waals surface area (Å²) in [7, 11) is 1.68. The fourth-order valence-corrected chi connectivity index (χ4v) is 1.71. The molecule has 1 aromatic rings. The quantitative estimate of drug-likeness (QED) is 0.830. The number of halogens is 1. The van der Waals surface area contributed by atoms with E-state index in [9.17, 15) is 0 Å². The second-order valence-corrected chi connectivity index (χ2v) is 5.52. The molecule has 0 bridgehead atoms. The summed E-state index contributed by atoms with van der Waals surface area (Å²) in [6, 6.07) is 0. The first kappa shape index (κ1) is 14.6. The number of anilines is 1. The molecule has 1 N–H and O–H groups in total. The number of aromatic nitrogens is 2. The normalized spacial score (nSPS) is 11.6. The highest BCUT2D eigenvalue weighted by Crippen LogP contribution is 2.25. The van der Waals surface area contributed by atoms with Crippen molar-refractivity contribution in [3.63, 3.8) is 0 Å². The molecule has 1 heterocycles. The van der Waals surface area contributed by atoms with Crippen LogP contribution in [0.4, 0.5) is 5.82 Å². The van der Waals surface area contributed by atoms with E-state index < -0.39 is 5.60 Å². The van der Waals surface area contributed by atoms with Gasteiger partial charge in [-0.3, -0.25) is 0 Å². The van der Waals surface area contributed by atoms with Gasteiger partial charge in [-0.1, -0.05) is 6.92 Å². The third kappa shape index (κ3) is 3.51. The highest BCUT2D eigenvalue weighted by molar-refractivity contribution is 14.1.